The van der Waals surface area contributed by atoms with Crippen molar-refractivity contribution in [1.29, 1.82) is 0 Å². The Labute approximate surface area is 106 Å². The summed E-state index contributed by atoms with van der Waals surface area (Å²) in [5, 5.41) is 9.20. The number of hydrogen-bond donors (Lipinski definition) is 1. The van der Waals surface area contributed by atoms with Gasteiger partial charge in [0.25, 0.3) is 0 Å². The lowest BCUT2D eigenvalue weighted by Crippen LogP contribution is -2.42. The molecule has 18 heavy (non-hydrogen) atoms. The number of fused-ring (bicyclic) bond motifs is 1. The van der Waals surface area contributed by atoms with E-state index in [9.17, 15) is 9.18 Å². The minimum Gasteiger partial charge on any atom is -0.342 e. The van der Waals surface area contributed by atoms with Gasteiger partial charge in [-0.1, -0.05) is 12.8 Å². The predicted octanol–water partition coefficient (Wildman–Crippen LogP) is 1.42. The van der Waals surface area contributed by atoms with Crippen molar-refractivity contribution in [1.82, 2.24) is 10.3 Å². The van der Waals surface area contributed by atoms with E-state index in [0.717, 1.165) is 25.2 Å². The van der Waals surface area contributed by atoms with Crippen molar-refractivity contribution in [2.75, 3.05) is 0 Å². The summed E-state index contributed by atoms with van der Waals surface area (Å²) < 4.78 is 14.0. The number of Topliss-reactive ketones (excluding diaryl/α,β-unsaturated/α-hetero) is 1. The summed E-state index contributed by atoms with van der Waals surface area (Å²) in [4.78, 5) is 11.9. The average Bonchev–Trinajstić information content (AvgIpc) is 3.24. The van der Waals surface area contributed by atoms with Gasteiger partial charge in [0.1, 0.15) is 12.3 Å². The first-order valence-corrected chi connectivity index (χ1v) is 7.04. The molecule has 3 atom stereocenters. The quantitative estimate of drug-likeness (QED) is 0.822. The number of alkyl halides is 1. The number of hydrazone groups is 1. The number of ketones is 1. The fourth-order valence-electron chi connectivity index (χ4n) is 3.08. The van der Waals surface area contributed by atoms with E-state index in [4.69, 9.17) is 0 Å². The average molecular weight is 251 g/mol. The maximum Gasteiger partial charge on any atom is 0.202 e. The molecule has 0 aromatic rings. The Morgan fingerprint density at radius 1 is 1.39 bits per heavy atom. The number of nitrogens with zero attached hydrogens (tertiary/aromatic N) is 2. The summed E-state index contributed by atoms with van der Waals surface area (Å²) in [5.74, 6) is 1.41. The van der Waals surface area contributed by atoms with Gasteiger partial charge in [-0.05, 0) is 25.2 Å². The SMILES string of the molecule is O=C(C1=NN2C(N1)[C@@H](F)C[C@H]2CC1CC1)C1CC1. The minimum absolute atomic E-state index is 0.0850. The Morgan fingerprint density at radius 3 is 2.83 bits per heavy atom. The van der Waals surface area contributed by atoms with Crippen molar-refractivity contribution >= 4 is 11.6 Å². The van der Waals surface area contributed by atoms with Crippen molar-refractivity contribution in [2.45, 2.75) is 56.9 Å². The Hall–Kier alpha value is -1.13. The molecular weight excluding hydrogens is 233 g/mol. The van der Waals surface area contributed by atoms with Gasteiger partial charge in [-0.2, -0.15) is 5.10 Å². The first kappa shape index (κ1) is 10.8. The Bertz CT molecular complexity index is 414. The maximum absolute atomic E-state index is 14.0. The van der Waals surface area contributed by atoms with Gasteiger partial charge in [0.15, 0.2) is 5.84 Å². The summed E-state index contributed by atoms with van der Waals surface area (Å²) >= 11 is 0. The molecule has 0 aromatic carbocycles. The van der Waals surface area contributed by atoms with Crippen LogP contribution in [0.4, 0.5) is 4.39 Å². The van der Waals surface area contributed by atoms with Gasteiger partial charge in [0, 0.05) is 12.3 Å². The van der Waals surface area contributed by atoms with E-state index < -0.39 is 6.17 Å². The highest BCUT2D eigenvalue weighted by atomic mass is 19.1. The Balaban J connectivity index is 1.50. The smallest absolute Gasteiger partial charge is 0.202 e. The van der Waals surface area contributed by atoms with Crippen molar-refractivity contribution in [3.63, 3.8) is 0 Å². The van der Waals surface area contributed by atoms with Gasteiger partial charge >= 0.3 is 0 Å². The summed E-state index contributed by atoms with van der Waals surface area (Å²) in [6.45, 7) is 0. The number of carbonyl (C=O) groups excluding carboxylic acids is 1. The zero-order valence-corrected chi connectivity index (χ0v) is 10.3. The molecule has 0 radical (unpaired) electrons. The molecule has 1 N–H and O–H groups in total. The number of nitrogens with one attached hydrogen (secondary N) is 1. The molecular formula is C13H18FN3O. The van der Waals surface area contributed by atoms with E-state index in [1.807, 2.05) is 5.01 Å². The van der Waals surface area contributed by atoms with Crippen LogP contribution < -0.4 is 5.32 Å². The first-order chi connectivity index (χ1) is 8.72. The highest BCUT2D eigenvalue weighted by Crippen LogP contribution is 2.40. The number of rotatable bonds is 4. The van der Waals surface area contributed by atoms with Crippen LogP contribution in [0, 0.1) is 11.8 Å². The zero-order valence-electron chi connectivity index (χ0n) is 10.3. The van der Waals surface area contributed by atoms with Gasteiger partial charge in [-0.25, -0.2) is 4.39 Å². The second-order valence-electron chi connectivity index (χ2n) is 6.14. The fraction of sp³-hybridized carbons (Fsp3) is 0.846. The van der Waals surface area contributed by atoms with Gasteiger partial charge in [-0.3, -0.25) is 9.80 Å². The molecule has 5 heteroatoms. The van der Waals surface area contributed by atoms with Crippen LogP contribution in [0.1, 0.15) is 38.5 Å². The third-order valence-electron chi connectivity index (χ3n) is 4.48. The molecule has 4 aliphatic rings. The standard InChI is InChI=1S/C13H18FN3O/c14-10-6-9(5-7-1-2-7)17-13(10)15-12(16-17)11(18)8-3-4-8/h7-10,13H,1-6H2,(H,15,16)/t9-,10+,13?/m1/s1. The van der Waals surface area contributed by atoms with E-state index in [0.29, 0.717) is 12.3 Å². The number of halogens is 1. The molecule has 98 valence electrons. The van der Waals surface area contributed by atoms with Crippen molar-refractivity contribution in [3.8, 4) is 0 Å². The first-order valence-electron chi connectivity index (χ1n) is 7.04. The topological polar surface area (TPSA) is 44.7 Å². The zero-order chi connectivity index (χ0) is 12.3. The number of hydrogen-bond acceptors (Lipinski definition) is 4. The molecule has 0 bridgehead atoms. The summed E-state index contributed by atoms with van der Waals surface area (Å²) in [7, 11) is 0. The van der Waals surface area contributed by atoms with Crippen LogP contribution in [0.3, 0.4) is 0 Å². The molecule has 2 aliphatic carbocycles. The third-order valence-corrected chi connectivity index (χ3v) is 4.48. The van der Waals surface area contributed by atoms with E-state index in [1.54, 1.807) is 0 Å². The van der Waals surface area contributed by atoms with Crippen LogP contribution >= 0.6 is 0 Å². The highest BCUT2D eigenvalue weighted by molar-refractivity contribution is 6.40. The van der Waals surface area contributed by atoms with Crippen LogP contribution in [-0.4, -0.2) is 35.0 Å². The predicted molar refractivity (Wildman–Crippen MR) is 64.6 cm³/mol. The molecule has 2 saturated carbocycles. The molecule has 0 spiro atoms. The summed E-state index contributed by atoms with van der Waals surface area (Å²) in [5.41, 5.74) is 0. The molecule has 1 unspecified atom stereocenters. The Kier molecular flexibility index (Phi) is 2.20. The number of carbonyl (C=O) groups is 1. The lowest BCUT2D eigenvalue weighted by atomic mass is 10.1. The molecule has 1 saturated heterocycles. The lowest BCUT2D eigenvalue weighted by molar-refractivity contribution is -0.114. The largest absolute Gasteiger partial charge is 0.342 e. The molecule has 3 fully saturated rings. The molecule has 2 heterocycles. The summed E-state index contributed by atoms with van der Waals surface area (Å²) in [6, 6.07) is 0.189. The second kappa shape index (κ2) is 3.68. The normalized spacial score (nSPS) is 38.4. The monoisotopic (exact) mass is 251 g/mol. The van der Waals surface area contributed by atoms with E-state index in [-0.39, 0.29) is 23.9 Å². The van der Waals surface area contributed by atoms with E-state index in [1.165, 1.54) is 12.8 Å². The van der Waals surface area contributed by atoms with Gasteiger partial charge in [0.05, 0.1) is 6.04 Å². The van der Waals surface area contributed by atoms with Crippen molar-refractivity contribution < 1.29 is 9.18 Å². The van der Waals surface area contributed by atoms with E-state index >= 15 is 0 Å². The minimum atomic E-state index is -0.901. The molecule has 4 nitrogen and oxygen atoms in total. The molecule has 4 rings (SSSR count). The Morgan fingerprint density at radius 2 is 2.17 bits per heavy atom. The van der Waals surface area contributed by atoms with Crippen LogP contribution in [-0.2, 0) is 4.79 Å². The fourth-order valence-corrected chi connectivity index (χ4v) is 3.08. The van der Waals surface area contributed by atoms with Gasteiger partial charge in [0.2, 0.25) is 5.78 Å². The lowest BCUT2D eigenvalue weighted by Gasteiger charge is -2.21. The molecule has 0 aromatic heterocycles. The maximum atomic E-state index is 14.0. The molecule has 0 amide bonds. The van der Waals surface area contributed by atoms with E-state index in [2.05, 4.69) is 10.4 Å². The van der Waals surface area contributed by atoms with Gasteiger partial charge < -0.3 is 5.32 Å². The van der Waals surface area contributed by atoms with Crippen molar-refractivity contribution in [2.24, 2.45) is 16.9 Å². The molecule has 2 aliphatic heterocycles. The van der Waals surface area contributed by atoms with Crippen LogP contribution in [0.2, 0.25) is 0 Å². The number of amidine groups is 1. The highest BCUT2D eigenvalue weighted by Gasteiger charge is 2.48. The second-order valence-corrected chi connectivity index (χ2v) is 6.14. The van der Waals surface area contributed by atoms with Crippen LogP contribution in [0.5, 0.6) is 0 Å². The van der Waals surface area contributed by atoms with Crippen molar-refractivity contribution in [3.05, 3.63) is 0 Å². The van der Waals surface area contributed by atoms with Crippen LogP contribution in [0.15, 0.2) is 5.10 Å². The third kappa shape index (κ3) is 1.71. The van der Waals surface area contributed by atoms with Crippen LogP contribution in [0.25, 0.3) is 0 Å². The van der Waals surface area contributed by atoms with Gasteiger partial charge in [-0.15, -0.1) is 0 Å². The summed E-state index contributed by atoms with van der Waals surface area (Å²) in [6.07, 6.45) is 4.79.